The Balaban J connectivity index is 2.54. The second kappa shape index (κ2) is 5.03. The van der Waals surface area contributed by atoms with Crippen LogP contribution in [0.4, 0.5) is 0 Å². The Morgan fingerprint density at radius 3 is 2.62 bits per heavy atom. The SMILES string of the molecule is CCCC(C)(N)CN1CC(C)OC(C)(C)C1. The Hall–Kier alpha value is -0.120. The van der Waals surface area contributed by atoms with Crippen molar-refractivity contribution < 1.29 is 4.74 Å². The third-order valence-corrected chi connectivity index (χ3v) is 3.05. The predicted octanol–water partition coefficient (Wildman–Crippen LogP) is 2.00. The largest absolute Gasteiger partial charge is 0.370 e. The third-order valence-electron chi connectivity index (χ3n) is 3.05. The molecular formula is C13H28N2O. The van der Waals surface area contributed by atoms with E-state index in [9.17, 15) is 0 Å². The van der Waals surface area contributed by atoms with Crippen LogP contribution in [0, 0.1) is 0 Å². The summed E-state index contributed by atoms with van der Waals surface area (Å²) in [5.41, 5.74) is 6.20. The van der Waals surface area contributed by atoms with E-state index < -0.39 is 0 Å². The number of hydrogen-bond acceptors (Lipinski definition) is 3. The molecule has 2 atom stereocenters. The van der Waals surface area contributed by atoms with Gasteiger partial charge in [0, 0.05) is 25.2 Å². The van der Waals surface area contributed by atoms with Gasteiger partial charge in [-0.3, -0.25) is 4.90 Å². The van der Waals surface area contributed by atoms with Gasteiger partial charge in [0.2, 0.25) is 0 Å². The van der Waals surface area contributed by atoms with Gasteiger partial charge in [0.15, 0.2) is 0 Å². The van der Waals surface area contributed by atoms with Gasteiger partial charge in [-0.2, -0.15) is 0 Å². The zero-order valence-electron chi connectivity index (χ0n) is 11.5. The molecule has 2 unspecified atom stereocenters. The Morgan fingerprint density at radius 1 is 1.50 bits per heavy atom. The lowest BCUT2D eigenvalue weighted by atomic mass is 9.95. The van der Waals surface area contributed by atoms with Crippen LogP contribution in [0.3, 0.4) is 0 Å². The molecule has 0 spiro atoms. The smallest absolute Gasteiger partial charge is 0.0757 e. The lowest BCUT2D eigenvalue weighted by Gasteiger charge is -2.44. The lowest BCUT2D eigenvalue weighted by Crippen LogP contribution is -2.57. The first-order valence-corrected chi connectivity index (χ1v) is 6.43. The minimum absolute atomic E-state index is 0.0417. The van der Waals surface area contributed by atoms with Gasteiger partial charge in [-0.25, -0.2) is 0 Å². The van der Waals surface area contributed by atoms with Crippen LogP contribution >= 0.6 is 0 Å². The van der Waals surface area contributed by atoms with Crippen LogP contribution in [0.15, 0.2) is 0 Å². The molecule has 0 aliphatic carbocycles. The normalized spacial score (nSPS) is 30.0. The van der Waals surface area contributed by atoms with Gasteiger partial charge in [-0.15, -0.1) is 0 Å². The first-order chi connectivity index (χ1) is 7.24. The summed E-state index contributed by atoms with van der Waals surface area (Å²) in [6, 6.07) is 0. The molecule has 1 aliphatic rings. The molecule has 3 nitrogen and oxygen atoms in total. The van der Waals surface area contributed by atoms with Crippen molar-refractivity contribution in [3.05, 3.63) is 0 Å². The molecule has 1 fully saturated rings. The molecule has 1 aliphatic heterocycles. The minimum atomic E-state index is -0.0676. The average Bonchev–Trinajstić information content (AvgIpc) is 1.96. The zero-order valence-corrected chi connectivity index (χ0v) is 11.5. The topological polar surface area (TPSA) is 38.5 Å². The monoisotopic (exact) mass is 228 g/mol. The Bertz CT molecular complexity index is 226. The fraction of sp³-hybridized carbons (Fsp3) is 1.00. The lowest BCUT2D eigenvalue weighted by molar-refractivity contribution is -0.131. The van der Waals surface area contributed by atoms with Crippen molar-refractivity contribution in [2.24, 2.45) is 5.73 Å². The number of nitrogens with two attached hydrogens (primary N) is 1. The van der Waals surface area contributed by atoms with Crippen molar-refractivity contribution in [3.8, 4) is 0 Å². The highest BCUT2D eigenvalue weighted by molar-refractivity contribution is 4.88. The predicted molar refractivity (Wildman–Crippen MR) is 68.6 cm³/mol. The molecule has 2 N–H and O–H groups in total. The van der Waals surface area contributed by atoms with E-state index in [0.29, 0.717) is 6.10 Å². The minimum Gasteiger partial charge on any atom is -0.370 e. The number of rotatable bonds is 4. The Morgan fingerprint density at radius 2 is 2.12 bits per heavy atom. The highest BCUT2D eigenvalue weighted by Crippen LogP contribution is 2.22. The second-order valence-corrected chi connectivity index (χ2v) is 6.26. The van der Waals surface area contributed by atoms with Gasteiger partial charge >= 0.3 is 0 Å². The highest BCUT2D eigenvalue weighted by Gasteiger charge is 2.33. The fourth-order valence-corrected chi connectivity index (χ4v) is 2.87. The molecule has 1 heterocycles. The molecule has 16 heavy (non-hydrogen) atoms. The van der Waals surface area contributed by atoms with E-state index in [-0.39, 0.29) is 11.1 Å². The molecular weight excluding hydrogens is 200 g/mol. The molecule has 0 amide bonds. The first kappa shape index (κ1) is 13.9. The summed E-state index contributed by atoms with van der Waals surface area (Å²) in [5, 5.41) is 0. The van der Waals surface area contributed by atoms with E-state index in [1.807, 2.05) is 0 Å². The summed E-state index contributed by atoms with van der Waals surface area (Å²) < 4.78 is 5.90. The van der Waals surface area contributed by atoms with Gasteiger partial charge in [0.1, 0.15) is 0 Å². The molecule has 1 rings (SSSR count). The molecule has 0 bridgehead atoms. The van der Waals surface area contributed by atoms with E-state index in [1.165, 1.54) is 0 Å². The van der Waals surface area contributed by atoms with Gasteiger partial charge in [-0.05, 0) is 34.1 Å². The molecule has 0 aromatic carbocycles. The number of nitrogens with zero attached hydrogens (tertiary/aromatic N) is 1. The first-order valence-electron chi connectivity index (χ1n) is 6.43. The van der Waals surface area contributed by atoms with Gasteiger partial charge in [-0.1, -0.05) is 13.3 Å². The maximum absolute atomic E-state index is 6.31. The van der Waals surface area contributed by atoms with E-state index >= 15 is 0 Å². The summed E-state index contributed by atoms with van der Waals surface area (Å²) in [7, 11) is 0. The van der Waals surface area contributed by atoms with Crippen molar-refractivity contribution in [1.82, 2.24) is 4.90 Å². The standard InChI is InChI=1S/C13H28N2O/c1-6-7-13(5,14)10-15-8-11(2)16-12(3,4)9-15/h11H,6-10,14H2,1-5H3. The maximum atomic E-state index is 6.31. The average molecular weight is 228 g/mol. The molecule has 0 saturated carbocycles. The quantitative estimate of drug-likeness (QED) is 0.800. The number of hydrogen-bond donors (Lipinski definition) is 1. The molecule has 0 radical (unpaired) electrons. The molecule has 0 aromatic heterocycles. The Labute approximate surface area is 100 Å². The van der Waals surface area contributed by atoms with Crippen LogP contribution < -0.4 is 5.73 Å². The molecule has 3 heteroatoms. The number of ether oxygens (including phenoxy) is 1. The summed E-state index contributed by atoms with van der Waals surface area (Å²) in [6.45, 7) is 13.8. The van der Waals surface area contributed by atoms with Crippen LogP contribution in [0.5, 0.6) is 0 Å². The van der Waals surface area contributed by atoms with Crippen LogP contribution in [0.25, 0.3) is 0 Å². The second-order valence-electron chi connectivity index (χ2n) is 6.26. The molecule has 0 aromatic rings. The number of morpholine rings is 1. The van der Waals surface area contributed by atoms with Crippen LogP contribution in [0.2, 0.25) is 0 Å². The molecule has 1 saturated heterocycles. The van der Waals surface area contributed by atoms with E-state index in [4.69, 9.17) is 10.5 Å². The van der Waals surface area contributed by atoms with Crippen LogP contribution in [-0.4, -0.2) is 41.8 Å². The van der Waals surface area contributed by atoms with Crippen molar-refractivity contribution in [2.75, 3.05) is 19.6 Å². The third kappa shape index (κ3) is 4.40. The van der Waals surface area contributed by atoms with Crippen molar-refractivity contribution in [3.63, 3.8) is 0 Å². The van der Waals surface area contributed by atoms with Crippen molar-refractivity contribution >= 4 is 0 Å². The highest BCUT2D eigenvalue weighted by atomic mass is 16.5. The van der Waals surface area contributed by atoms with Crippen molar-refractivity contribution in [2.45, 2.75) is 64.7 Å². The van der Waals surface area contributed by atoms with E-state index in [2.05, 4.69) is 39.5 Å². The van der Waals surface area contributed by atoms with E-state index in [1.54, 1.807) is 0 Å². The summed E-state index contributed by atoms with van der Waals surface area (Å²) in [4.78, 5) is 2.45. The maximum Gasteiger partial charge on any atom is 0.0757 e. The fourth-order valence-electron chi connectivity index (χ4n) is 2.87. The Kier molecular flexibility index (Phi) is 4.38. The summed E-state index contributed by atoms with van der Waals surface area (Å²) in [5.74, 6) is 0. The van der Waals surface area contributed by atoms with Crippen molar-refractivity contribution in [1.29, 1.82) is 0 Å². The summed E-state index contributed by atoms with van der Waals surface area (Å²) >= 11 is 0. The summed E-state index contributed by atoms with van der Waals surface area (Å²) in [6.07, 6.45) is 2.54. The van der Waals surface area contributed by atoms with Crippen LogP contribution in [-0.2, 0) is 4.74 Å². The van der Waals surface area contributed by atoms with Gasteiger partial charge < -0.3 is 10.5 Å². The molecule has 96 valence electrons. The zero-order chi connectivity index (χ0) is 12.4. The van der Waals surface area contributed by atoms with Crippen LogP contribution in [0.1, 0.15) is 47.5 Å². The van der Waals surface area contributed by atoms with E-state index in [0.717, 1.165) is 32.5 Å². The van der Waals surface area contributed by atoms with Gasteiger partial charge in [0.05, 0.1) is 11.7 Å². The van der Waals surface area contributed by atoms with Gasteiger partial charge in [0.25, 0.3) is 0 Å².